The van der Waals surface area contributed by atoms with Crippen molar-refractivity contribution in [2.45, 2.75) is 25.8 Å². The molecule has 118 valence electrons. The summed E-state index contributed by atoms with van der Waals surface area (Å²) in [6.45, 7) is 2.02. The van der Waals surface area contributed by atoms with Gasteiger partial charge in [0.25, 0.3) is 5.56 Å². The van der Waals surface area contributed by atoms with Gasteiger partial charge < -0.3 is 10.4 Å². The van der Waals surface area contributed by atoms with Crippen LogP contribution >= 0.6 is 0 Å². The van der Waals surface area contributed by atoms with E-state index in [0.717, 1.165) is 24.1 Å². The number of aromatic nitrogens is 2. The second kappa shape index (κ2) is 6.08. The Morgan fingerprint density at radius 1 is 1.35 bits per heavy atom. The molecule has 0 saturated carbocycles. The van der Waals surface area contributed by atoms with Gasteiger partial charge in [0.05, 0.1) is 5.56 Å². The number of benzene rings is 1. The second-order valence-corrected chi connectivity index (χ2v) is 5.56. The molecule has 0 fully saturated rings. The maximum atomic E-state index is 12.0. The summed E-state index contributed by atoms with van der Waals surface area (Å²) in [4.78, 5) is 27.2. The van der Waals surface area contributed by atoms with E-state index in [4.69, 9.17) is 5.11 Å². The Hall–Kier alpha value is -2.89. The number of allylic oxidation sites excluding steroid dienone is 1. The first kappa shape index (κ1) is 15.0. The van der Waals surface area contributed by atoms with Crippen LogP contribution in [-0.2, 0) is 0 Å². The molecule has 0 bridgehead atoms. The fraction of sp³-hybridized carbons (Fsp3) is 0.235. The summed E-state index contributed by atoms with van der Waals surface area (Å²) in [5, 5.41) is 12.0. The fourth-order valence-electron chi connectivity index (χ4n) is 2.70. The molecule has 3 rings (SSSR count). The monoisotopic (exact) mass is 311 g/mol. The number of anilines is 1. The first-order chi connectivity index (χ1) is 11.1. The Balaban J connectivity index is 1.87. The van der Waals surface area contributed by atoms with Crippen LogP contribution in [0.5, 0.6) is 0 Å². The molecular formula is C17H17N3O3. The van der Waals surface area contributed by atoms with Crippen LogP contribution in [0.15, 0.2) is 47.5 Å². The number of carboxylic acid groups (broad SMARTS) is 1. The summed E-state index contributed by atoms with van der Waals surface area (Å²) in [5.41, 5.74) is 1.95. The minimum Gasteiger partial charge on any atom is -0.478 e. The van der Waals surface area contributed by atoms with Crippen LogP contribution in [0.4, 0.5) is 5.69 Å². The molecule has 0 amide bonds. The van der Waals surface area contributed by atoms with Gasteiger partial charge >= 0.3 is 5.97 Å². The van der Waals surface area contributed by atoms with E-state index in [9.17, 15) is 9.59 Å². The van der Waals surface area contributed by atoms with Gasteiger partial charge in [-0.3, -0.25) is 9.36 Å². The predicted molar refractivity (Wildman–Crippen MR) is 87.4 cm³/mol. The molecule has 1 atom stereocenters. The maximum Gasteiger partial charge on any atom is 0.335 e. The quantitative estimate of drug-likeness (QED) is 0.910. The summed E-state index contributed by atoms with van der Waals surface area (Å²) in [6, 6.07) is 8.11. The number of nitrogens with zero attached hydrogens (tertiary/aromatic N) is 2. The van der Waals surface area contributed by atoms with Gasteiger partial charge in [-0.1, -0.05) is 0 Å². The zero-order chi connectivity index (χ0) is 16.4. The topological polar surface area (TPSA) is 84.2 Å². The lowest BCUT2D eigenvalue weighted by atomic mass is 10.0. The van der Waals surface area contributed by atoms with E-state index in [1.54, 1.807) is 28.8 Å². The number of nitrogens with one attached hydrogen (secondary N) is 1. The zero-order valence-electron chi connectivity index (χ0n) is 12.7. The van der Waals surface area contributed by atoms with Crippen molar-refractivity contribution in [2.75, 3.05) is 5.32 Å². The second-order valence-electron chi connectivity index (χ2n) is 5.56. The Kier molecular flexibility index (Phi) is 3.97. The van der Waals surface area contributed by atoms with Gasteiger partial charge in [-0.2, -0.15) is 0 Å². The average molecular weight is 311 g/mol. The minimum atomic E-state index is -0.950. The van der Waals surface area contributed by atoms with Gasteiger partial charge in [0, 0.05) is 35.8 Å². The summed E-state index contributed by atoms with van der Waals surface area (Å²) in [7, 11) is 0. The van der Waals surface area contributed by atoms with Crippen molar-refractivity contribution in [1.82, 2.24) is 9.55 Å². The maximum absolute atomic E-state index is 12.0. The van der Waals surface area contributed by atoms with E-state index in [2.05, 4.69) is 10.3 Å². The zero-order valence-corrected chi connectivity index (χ0v) is 12.7. The molecule has 2 heterocycles. The Morgan fingerprint density at radius 2 is 2.09 bits per heavy atom. The predicted octanol–water partition coefficient (Wildman–Crippen LogP) is 2.75. The van der Waals surface area contributed by atoms with Gasteiger partial charge in [0.2, 0.25) is 0 Å². The van der Waals surface area contributed by atoms with Crippen LogP contribution in [-0.4, -0.2) is 20.6 Å². The lowest BCUT2D eigenvalue weighted by Gasteiger charge is -2.25. The molecule has 0 radical (unpaired) electrons. The largest absolute Gasteiger partial charge is 0.478 e. The Morgan fingerprint density at radius 3 is 2.78 bits per heavy atom. The molecule has 23 heavy (non-hydrogen) atoms. The van der Waals surface area contributed by atoms with Gasteiger partial charge in [-0.05, 0) is 44.0 Å². The van der Waals surface area contributed by atoms with Gasteiger partial charge in [-0.15, -0.1) is 0 Å². The lowest BCUT2D eigenvalue weighted by Crippen LogP contribution is -2.29. The summed E-state index contributed by atoms with van der Waals surface area (Å²) in [5.74, 6) is -0.264. The van der Waals surface area contributed by atoms with Gasteiger partial charge in [-0.25, -0.2) is 9.78 Å². The van der Waals surface area contributed by atoms with Gasteiger partial charge in [0.1, 0.15) is 5.82 Å². The van der Waals surface area contributed by atoms with E-state index >= 15 is 0 Å². The highest BCUT2D eigenvalue weighted by Crippen LogP contribution is 2.29. The van der Waals surface area contributed by atoms with E-state index < -0.39 is 5.97 Å². The molecule has 0 aliphatic carbocycles. The van der Waals surface area contributed by atoms with Crippen LogP contribution in [0, 0.1) is 0 Å². The van der Waals surface area contributed by atoms with Crippen molar-refractivity contribution >= 4 is 17.2 Å². The highest BCUT2D eigenvalue weighted by molar-refractivity contribution is 5.88. The Labute approximate surface area is 133 Å². The van der Waals surface area contributed by atoms with Gasteiger partial charge in [0.15, 0.2) is 0 Å². The molecule has 1 aliphatic rings. The van der Waals surface area contributed by atoms with Crippen LogP contribution in [0.25, 0.3) is 5.57 Å². The summed E-state index contributed by atoms with van der Waals surface area (Å²) in [6.07, 6.45) is 5.07. The van der Waals surface area contributed by atoms with E-state index in [1.165, 1.54) is 12.3 Å². The van der Waals surface area contributed by atoms with Crippen molar-refractivity contribution in [1.29, 1.82) is 0 Å². The molecule has 1 aromatic heterocycles. The van der Waals surface area contributed by atoms with E-state index in [1.807, 2.05) is 13.1 Å². The number of fused-ring (bicyclic) bond motifs is 1. The summed E-state index contributed by atoms with van der Waals surface area (Å²) < 4.78 is 1.71. The number of carboxylic acids is 1. The first-order valence-corrected chi connectivity index (χ1v) is 7.43. The molecule has 0 saturated heterocycles. The van der Waals surface area contributed by atoms with Crippen molar-refractivity contribution in [3.63, 3.8) is 0 Å². The standard InChI is InChI=1S/C17H17N3O3/c1-11-2-3-13(16-18-9-8-15(21)20(11)16)10-19-14-6-4-12(5-7-14)17(22)23/h4-11,19H,2-3H2,1H3,(H,22,23)/b13-10+. The number of aromatic carboxylic acids is 1. The number of hydrogen-bond donors (Lipinski definition) is 2. The number of rotatable bonds is 3. The average Bonchev–Trinajstić information content (AvgIpc) is 2.54. The van der Waals surface area contributed by atoms with Crippen molar-refractivity contribution in [3.05, 3.63) is 64.5 Å². The normalized spacial score (nSPS) is 18.5. The van der Waals surface area contributed by atoms with Crippen molar-refractivity contribution in [2.24, 2.45) is 0 Å². The SMILES string of the molecule is CC1CC/C(=C\Nc2ccc(C(=O)O)cc2)c2nccc(=O)n21. The van der Waals surface area contributed by atoms with Crippen LogP contribution in [0.1, 0.15) is 42.0 Å². The molecular weight excluding hydrogens is 294 g/mol. The first-order valence-electron chi connectivity index (χ1n) is 7.43. The van der Waals surface area contributed by atoms with E-state index in [-0.39, 0.29) is 17.2 Å². The van der Waals surface area contributed by atoms with Crippen molar-refractivity contribution in [3.8, 4) is 0 Å². The summed E-state index contributed by atoms with van der Waals surface area (Å²) >= 11 is 0. The highest BCUT2D eigenvalue weighted by Gasteiger charge is 2.21. The van der Waals surface area contributed by atoms with Crippen LogP contribution in [0.3, 0.4) is 0 Å². The molecule has 2 aromatic rings. The highest BCUT2D eigenvalue weighted by atomic mass is 16.4. The molecule has 1 aromatic carbocycles. The molecule has 6 heteroatoms. The number of hydrogen-bond acceptors (Lipinski definition) is 4. The third-order valence-electron chi connectivity index (χ3n) is 3.98. The molecule has 0 spiro atoms. The smallest absolute Gasteiger partial charge is 0.335 e. The molecule has 2 N–H and O–H groups in total. The minimum absolute atomic E-state index is 0.0427. The van der Waals surface area contributed by atoms with Crippen LogP contribution in [0.2, 0.25) is 0 Å². The molecule has 1 unspecified atom stereocenters. The van der Waals surface area contributed by atoms with Crippen LogP contribution < -0.4 is 10.9 Å². The third kappa shape index (κ3) is 3.01. The molecule has 1 aliphatic heterocycles. The number of carbonyl (C=O) groups is 1. The Bertz CT molecular complexity index is 822. The molecule has 6 nitrogen and oxygen atoms in total. The third-order valence-corrected chi connectivity index (χ3v) is 3.98. The fourth-order valence-corrected chi connectivity index (χ4v) is 2.70. The van der Waals surface area contributed by atoms with E-state index in [0.29, 0.717) is 5.82 Å². The lowest BCUT2D eigenvalue weighted by molar-refractivity contribution is 0.0697. The van der Waals surface area contributed by atoms with Crippen molar-refractivity contribution < 1.29 is 9.90 Å².